The van der Waals surface area contributed by atoms with Crippen molar-refractivity contribution in [2.45, 2.75) is 25.0 Å². The van der Waals surface area contributed by atoms with Crippen LogP contribution >= 0.6 is 11.8 Å². The lowest BCUT2D eigenvalue weighted by Crippen LogP contribution is -2.14. The monoisotopic (exact) mass is 371 g/mol. The Balaban J connectivity index is 1.54. The molecule has 3 aromatic rings. The van der Waals surface area contributed by atoms with Crippen molar-refractivity contribution < 1.29 is 13.6 Å². The van der Waals surface area contributed by atoms with Crippen molar-refractivity contribution >= 4 is 23.4 Å². The number of benzene rings is 2. The topological polar surface area (TPSA) is 68.0 Å². The van der Waals surface area contributed by atoms with Crippen molar-refractivity contribution in [3.05, 3.63) is 59.9 Å². The molecule has 0 saturated heterocycles. The summed E-state index contributed by atoms with van der Waals surface area (Å²) in [6.45, 7) is 4.24. The molecule has 0 aliphatic heterocycles. The Bertz CT molecular complexity index is 877. The summed E-state index contributed by atoms with van der Waals surface area (Å²) in [7, 11) is 0. The highest BCUT2D eigenvalue weighted by atomic mass is 32.2. The van der Waals surface area contributed by atoms with Gasteiger partial charge in [-0.15, -0.1) is 10.2 Å². The minimum absolute atomic E-state index is 0.150. The molecular weight excluding hydrogens is 353 g/mol. The molecule has 0 fully saturated rings. The lowest BCUT2D eigenvalue weighted by atomic mass is 10.0. The third-order valence-electron chi connectivity index (χ3n) is 3.69. The second kappa shape index (κ2) is 8.14. The van der Waals surface area contributed by atoms with Crippen LogP contribution in [0.25, 0.3) is 11.5 Å². The number of carbonyl (C=O) groups is 1. The molecule has 0 saturated carbocycles. The first-order valence-corrected chi connectivity index (χ1v) is 9.12. The lowest BCUT2D eigenvalue weighted by molar-refractivity contribution is -0.113. The Hall–Kier alpha value is -2.67. The standard InChI is InChI=1S/C19H18FN3O2S/c1-12(2)13-5-9-16(10-6-13)21-17(24)11-26-19-23-22-18(25-19)14-3-7-15(20)8-4-14/h3-10,12H,11H2,1-2H3,(H,21,24). The second-order valence-electron chi connectivity index (χ2n) is 5.99. The molecule has 1 N–H and O–H groups in total. The number of rotatable bonds is 6. The Morgan fingerprint density at radius 2 is 1.81 bits per heavy atom. The van der Waals surface area contributed by atoms with E-state index >= 15 is 0 Å². The molecule has 7 heteroatoms. The summed E-state index contributed by atoms with van der Waals surface area (Å²) in [5, 5.41) is 10.9. The Labute approximate surface area is 155 Å². The van der Waals surface area contributed by atoms with Crippen LogP contribution in [0.5, 0.6) is 0 Å². The quantitative estimate of drug-likeness (QED) is 0.635. The first-order chi connectivity index (χ1) is 12.5. The molecule has 0 spiro atoms. The predicted octanol–water partition coefficient (Wildman–Crippen LogP) is 4.73. The zero-order valence-corrected chi connectivity index (χ0v) is 15.2. The highest BCUT2D eigenvalue weighted by molar-refractivity contribution is 7.99. The molecule has 134 valence electrons. The smallest absolute Gasteiger partial charge is 0.277 e. The van der Waals surface area contributed by atoms with Crippen LogP contribution in [0.1, 0.15) is 25.3 Å². The molecule has 1 amide bonds. The van der Waals surface area contributed by atoms with E-state index in [4.69, 9.17) is 4.42 Å². The van der Waals surface area contributed by atoms with Gasteiger partial charge < -0.3 is 9.73 Å². The fourth-order valence-corrected chi connectivity index (χ4v) is 2.82. The van der Waals surface area contributed by atoms with E-state index in [0.717, 1.165) is 17.4 Å². The summed E-state index contributed by atoms with van der Waals surface area (Å²) in [5.74, 6) is 0.395. The third-order valence-corrected chi connectivity index (χ3v) is 4.50. The lowest BCUT2D eigenvalue weighted by Gasteiger charge is -2.07. The number of aromatic nitrogens is 2. The van der Waals surface area contributed by atoms with Crippen molar-refractivity contribution in [3.63, 3.8) is 0 Å². The number of nitrogens with one attached hydrogen (secondary N) is 1. The van der Waals surface area contributed by atoms with E-state index in [1.54, 1.807) is 12.1 Å². The molecule has 5 nitrogen and oxygen atoms in total. The van der Waals surface area contributed by atoms with E-state index in [0.29, 0.717) is 11.5 Å². The predicted molar refractivity (Wildman–Crippen MR) is 99.6 cm³/mol. The van der Waals surface area contributed by atoms with Crippen molar-refractivity contribution in [2.24, 2.45) is 0 Å². The van der Waals surface area contributed by atoms with Crippen LogP contribution in [0.15, 0.2) is 58.2 Å². The van der Waals surface area contributed by atoms with Crippen molar-refractivity contribution in [1.82, 2.24) is 10.2 Å². The van der Waals surface area contributed by atoms with Gasteiger partial charge in [-0.3, -0.25) is 4.79 Å². The van der Waals surface area contributed by atoms with Crippen LogP contribution in [0.2, 0.25) is 0 Å². The fourth-order valence-electron chi connectivity index (χ4n) is 2.25. The maximum atomic E-state index is 12.9. The number of nitrogens with zero attached hydrogens (tertiary/aromatic N) is 2. The number of halogens is 1. The molecule has 0 radical (unpaired) electrons. The fraction of sp³-hybridized carbons (Fsp3) is 0.211. The molecule has 26 heavy (non-hydrogen) atoms. The van der Waals surface area contributed by atoms with E-state index < -0.39 is 0 Å². The molecule has 0 unspecified atom stereocenters. The summed E-state index contributed by atoms with van der Waals surface area (Å²) in [5.41, 5.74) is 2.59. The number of thioether (sulfide) groups is 1. The molecular formula is C19H18FN3O2S. The van der Waals surface area contributed by atoms with Gasteiger partial charge in [-0.25, -0.2) is 4.39 Å². The van der Waals surface area contributed by atoms with Crippen LogP contribution in [0.4, 0.5) is 10.1 Å². The molecule has 1 aromatic heterocycles. The largest absolute Gasteiger partial charge is 0.411 e. The van der Waals surface area contributed by atoms with Gasteiger partial charge in [-0.05, 0) is 47.9 Å². The molecule has 0 bridgehead atoms. The zero-order chi connectivity index (χ0) is 18.5. The number of anilines is 1. The van der Waals surface area contributed by atoms with Gasteiger partial charge in [0.05, 0.1) is 5.75 Å². The van der Waals surface area contributed by atoms with Crippen molar-refractivity contribution in [3.8, 4) is 11.5 Å². The van der Waals surface area contributed by atoms with Gasteiger partial charge in [-0.2, -0.15) is 0 Å². The minimum atomic E-state index is -0.332. The van der Waals surface area contributed by atoms with Crippen molar-refractivity contribution in [2.75, 3.05) is 11.1 Å². The Kier molecular flexibility index (Phi) is 5.68. The first-order valence-electron chi connectivity index (χ1n) is 8.13. The number of amides is 1. The van der Waals surface area contributed by atoms with Gasteiger partial charge in [0.1, 0.15) is 5.82 Å². The second-order valence-corrected chi connectivity index (χ2v) is 6.92. The minimum Gasteiger partial charge on any atom is -0.411 e. The van der Waals surface area contributed by atoms with Crippen LogP contribution in [0.3, 0.4) is 0 Å². The van der Waals surface area contributed by atoms with Crippen LogP contribution < -0.4 is 5.32 Å². The van der Waals surface area contributed by atoms with Crippen LogP contribution in [-0.2, 0) is 4.79 Å². The SMILES string of the molecule is CC(C)c1ccc(NC(=O)CSc2nnc(-c3ccc(F)cc3)o2)cc1. The van der Waals surface area contributed by atoms with E-state index in [9.17, 15) is 9.18 Å². The van der Waals surface area contributed by atoms with Gasteiger partial charge in [0, 0.05) is 11.3 Å². The van der Waals surface area contributed by atoms with E-state index in [1.165, 1.54) is 17.7 Å². The highest BCUT2D eigenvalue weighted by Gasteiger charge is 2.11. The Morgan fingerprint density at radius 3 is 2.46 bits per heavy atom. The van der Waals surface area contributed by atoms with E-state index in [2.05, 4.69) is 29.4 Å². The summed E-state index contributed by atoms with van der Waals surface area (Å²) in [4.78, 5) is 12.1. The van der Waals surface area contributed by atoms with Crippen LogP contribution in [0, 0.1) is 5.82 Å². The maximum absolute atomic E-state index is 12.9. The van der Waals surface area contributed by atoms with Gasteiger partial charge in [0.2, 0.25) is 11.8 Å². The molecule has 3 rings (SSSR count). The third kappa shape index (κ3) is 4.70. The first kappa shape index (κ1) is 18.1. The Morgan fingerprint density at radius 1 is 1.12 bits per heavy atom. The van der Waals surface area contributed by atoms with Gasteiger partial charge in [0.15, 0.2) is 0 Å². The van der Waals surface area contributed by atoms with Gasteiger partial charge in [0.25, 0.3) is 5.22 Å². The molecule has 0 aliphatic carbocycles. The average Bonchev–Trinajstić information content (AvgIpc) is 3.10. The number of hydrogen-bond acceptors (Lipinski definition) is 5. The van der Waals surface area contributed by atoms with E-state index in [1.807, 2.05) is 24.3 Å². The maximum Gasteiger partial charge on any atom is 0.277 e. The van der Waals surface area contributed by atoms with Crippen molar-refractivity contribution in [1.29, 1.82) is 0 Å². The molecule has 2 aromatic carbocycles. The number of hydrogen-bond donors (Lipinski definition) is 1. The zero-order valence-electron chi connectivity index (χ0n) is 14.4. The summed E-state index contributed by atoms with van der Waals surface area (Å²) >= 11 is 1.15. The van der Waals surface area contributed by atoms with Gasteiger partial charge >= 0.3 is 0 Å². The summed E-state index contributed by atoms with van der Waals surface area (Å²) in [6.07, 6.45) is 0. The number of carbonyl (C=O) groups excluding carboxylic acids is 1. The average molecular weight is 371 g/mol. The molecule has 0 aliphatic rings. The summed E-state index contributed by atoms with van der Waals surface area (Å²) in [6, 6.07) is 13.5. The normalized spacial score (nSPS) is 10.9. The van der Waals surface area contributed by atoms with Gasteiger partial charge in [-0.1, -0.05) is 37.7 Å². The summed E-state index contributed by atoms with van der Waals surface area (Å²) < 4.78 is 18.4. The van der Waals surface area contributed by atoms with Crippen LogP contribution in [-0.4, -0.2) is 21.9 Å². The van der Waals surface area contributed by atoms with E-state index in [-0.39, 0.29) is 28.6 Å². The molecule has 0 atom stereocenters. The molecule has 1 heterocycles. The highest BCUT2D eigenvalue weighted by Crippen LogP contribution is 2.23.